The standard InChI is InChI=1S/C16H14N2O3/c19-13-8-11-6-7-12(9-13)18-16(21)14(15(20)17(11)18)10-4-2-1-3-5-10/h1-7,11-12,14H,8-9H2/t11-,12+,14?. The molecule has 106 valence electrons. The zero-order valence-electron chi connectivity index (χ0n) is 11.3. The van der Waals surface area contributed by atoms with Gasteiger partial charge in [0.15, 0.2) is 0 Å². The van der Waals surface area contributed by atoms with Gasteiger partial charge in [-0.3, -0.25) is 14.4 Å². The molecular weight excluding hydrogens is 268 g/mol. The van der Waals surface area contributed by atoms with E-state index in [2.05, 4.69) is 0 Å². The van der Waals surface area contributed by atoms with Crippen LogP contribution in [0.4, 0.5) is 0 Å². The minimum absolute atomic E-state index is 0.0984. The van der Waals surface area contributed by atoms with Crippen molar-refractivity contribution < 1.29 is 14.4 Å². The Balaban J connectivity index is 1.78. The van der Waals surface area contributed by atoms with Gasteiger partial charge in [-0.2, -0.15) is 0 Å². The number of Topliss-reactive ketones (excluding diaryl/α,β-unsaturated/α-hetero) is 1. The van der Waals surface area contributed by atoms with E-state index in [1.165, 1.54) is 10.0 Å². The lowest BCUT2D eigenvalue weighted by Gasteiger charge is -2.37. The number of hydrogen-bond donors (Lipinski definition) is 0. The summed E-state index contributed by atoms with van der Waals surface area (Å²) in [4.78, 5) is 37.3. The second-order valence-corrected chi connectivity index (χ2v) is 5.68. The summed E-state index contributed by atoms with van der Waals surface area (Å²) in [5, 5.41) is 2.99. The number of hydrazine groups is 1. The molecule has 3 aliphatic heterocycles. The average molecular weight is 282 g/mol. The first-order chi connectivity index (χ1) is 10.2. The SMILES string of the molecule is O=C1C[C@H]2C=C[C@@H](C1)N1C(=O)C(c3ccccc3)C(=O)N21. The maximum Gasteiger partial charge on any atom is 0.258 e. The highest BCUT2D eigenvalue weighted by Crippen LogP contribution is 2.38. The Labute approximate surface area is 121 Å². The van der Waals surface area contributed by atoms with Gasteiger partial charge in [0.25, 0.3) is 11.8 Å². The monoisotopic (exact) mass is 282 g/mol. The van der Waals surface area contributed by atoms with E-state index < -0.39 is 5.92 Å². The summed E-state index contributed by atoms with van der Waals surface area (Å²) in [6, 6.07) is 8.47. The molecule has 5 nitrogen and oxygen atoms in total. The lowest BCUT2D eigenvalue weighted by atomic mass is 9.97. The van der Waals surface area contributed by atoms with Crippen molar-refractivity contribution in [3.05, 3.63) is 48.0 Å². The minimum Gasteiger partial charge on any atom is -0.300 e. The van der Waals surface area contributed by atoms with E-state index in [-0.39, 0.29) is 29.7 Å². The van der Waals surface area contributed by atoms with Crippen LogP contribution < -0.4 is 0 Å². The zero-order valence-corrected chi connectivity index (χ0v) is 11.3. The molecule has 3 heterocycles. The molecule has 1 aromatic rings. The van der Waals surface area contributed by atoms with Crippen molar-refractivity contribution in [1.29, 1.82) is 0 Å². The van der Waals surface area contributed by atoms with Gasteiger partial charge in [0.05, 0.1) is 12.1 Å². The summed E-state index contributed by atoms with van der Waals surface area (Å²) in [5.74, 6) is -1.12. The van der Waals surface area contributed by atoms with Gasteiger partial charge in [-0.05, 0) is 5.56 Å². The topological polar surface area (TPSA) is 57.7 Å². The summed E-state index contributed by atoms with van der Waals surface area (Å²) in [6.45, 7) is 0. The van der Waals surface area contributed by atoms with Crippen LogP contribution in [0.5, 0.6) is 0 Å². The van der Waals surface area contributed by atoms with Crippen molar-refractivity contribution in [1.82, 2.24) is 10.0 Å². The van der Waals surface area contributed by atoms with Gasteiger partial charge in [-0.25, -0.2) is 10.0 Å². The van der Waals surface area contributed by atoms with Gasteiger partial charge in [-0.1, -0.05) is 42.5 Å². The fourth-order valence-corrected chi connectivity index (χ4v) is 3.44. The molecule has 0 aromatic heterocycles. The van der Waals surface area contributed by atoms with Gasteiger partial charge in [0.1, 0.15) is 11.7 Å². The molecule has 2 fully saturated rings. The highest BCUT2D eigenvalue weighted by Gasteiger charge is 2.53. The fourth-order valence-electron chi connectivity index (χ4n) is 3.44. The Bertz CT molecular complexity index is 631. The van der Waals surface area contributed by atoms with E-state index in [4.69, 9.17) is 0 Å². The maximum atomic E-state index is 12.7. The van der Waals surface area contributed by atoms with Crippen LogP contribution >= 0.6 is 0 Å². The average Bonchev–Trinajstić information content (AvgIpc) is 2.62. The first-order valence-electron chi connectivity index (χ1n) is 7.08. The number of amides is 2. The van der Waals surface area contributed by atoms with E-state index in [0.717, 1.165) is 0 Å². The van der Waals surface area contributed by atoms with Crippen LogP contribution in [0.2, 0.25) is 0 Å². The smallest absolute Gasteiger partial charge is 0.258 e. The van der Waals surface area contributed by atoms with E-state index >= 15 is 0 Å². The van der Waals surface area contributed by atoms with Crippen molar-refractivity contribution >= 4 is 17.6 Å². The number of nitrogens with zero attached hydrogens (tertiary/aromatic N) is 2. The van der Waals surface area contributed by atoms with E-state index in [0.29, 0.717) is 18.4 Å². The molecule has 5 rings (SSSR count). The molecule has 2 bridgehead atoms. The first-order valence-corrected chi connectivity index (χ1v) is 7.08. The predicted octanol–water partition coefficient (Wildman–Crippen LogP) is 1.03. The summed E-state index contributed by atoms with van der Waals surface area (Å²) in [5.41, 5.74) is 0.714. The van der Waals surface area contributed by atoms with Crippen LogP contribution in [-0.4, -0.2) is 39.7 Å². The van der Waals surface area contributed by atoms with Crippen LogP contribution in [0.15, 0.2) is 42.5 Å². The Morgan fingerprint density at radius 3 is 1.86 bits per heavy atom. The Morgan fingerprint density at radius 1 is 0.810 bits per heavy atom. The molecule has 2 saturated heterocycles. The third-order valence-electron chi connectivity index (χ3n) is 4.37. The molecule has 0 spiro atoms. The lowest BCUT2D eigenvalue weighted by Crippen LogP contribution is -2.51. The normalized spacial score (nSPS) is 30.9. The van der Waals surface area contributed by atoms with Crippen molar-refractivity contribution in [3.8, 4) is 0 Å². The maximum absolute atomic E-state index is 12.7. The second-order valence-electron chi connectivity index (χ2n) is 5.68. The first kappa shape index (κ1) is 12.3. The van der Waals surface area contributed by atoms with Gasteiger partial charge in [0, 0.05) is 12.8 Å². The molecule has 21 heavy (non-hydrogen) atoms. The number of fused-ring (bicyclic) bond motifs is 2. The van der Waals surface area contributed by atoms with Gasteiger partial charge in [0.2, 0.25) is 0 Å². The number of carbonyl (C=O) groups is 3. The summed E-state index contributed by atoms with van der Waals surface area (Å²) < 4.78 is 0. The number of carbonyl (C=O) groups excluding carboxylic acids is 3. The Morgan fingerprint density at radius 2 is 1.33 bits per heavy atom. The van der Waals surface area contributed by atoms with E-state index in [1.807, 2.05) is 30.4 Å². The molecule has 3 atom stereocenters. The van der Waals surface area contributed by atoms with E-state index in [1.54, 1.807) is 12.1 Å². The molecule has 1 unspecified atom stereocenters. The van der Waals surface area contributed by atoms with Gasteiger partial charge >= 0.3 is 0 Å². The van der Waals surface area contributed by atoms with Gasteiger partial charge < -0.3 is 0 Å². The molecule has 1 aliphatic carbocycles. The summed E-state index contributed by atoms with van der Waals surface area (Å²) in [6.07, 6.45) is 4.35. The Hall–Kier alpha value is -2.43. The molecule has 5 heteroatoms. The number of benzene rings is 1. The van der Waals surface area contributed by atoms with Crippen LogP contribution in [0.3, 0.4) is 0 Å². The van der Waals surface area contributed by atoms with Crippen LogP contribution in [0, 0.1) is 0 Å². The van der Waals surface area contributed by atoms with Crippen molar-refractivity contribution in [2.24, 2.45) is 0 Å². The zero-order chi connectivity index (χ0) is 14.6. The van der Waals surface area contributed by atoms with Crippen molar-refractivity contribution in [3.63, 3.8) is 0 Å². The molecule has 0 radical (unpaired) electrons. The molecule has 0 N–H and O–H groups in total. The van der Waals surface area contributed by atoms with Gasteiger partial charge in [-0.15, -0.1) is 0 Å². The number of rotatable bonds is 1. The number of hydrogen-bond acceptors (Lipinski definition) is 3. The summed E-state index contributed by atoms with van der Waals surface area (Å²) >= 11 is 0. The van der Waals surface area contributed by atoms with Crippen molar-refractivity contribution in [2.75, 3.05) is 0 Å². The lowest BCUT2D eigenvalue weighted by molar-refractivity contribution is -0.153. The number of ketones is 1. The molecule has 4 aliphatic rings. The van der Waals surface area contributed by atoms with E-state index in [9.17, 15) is 14.4 Å². The van der Waals surface area contributed by atoms with Crippen LogP contribution in [0.25, 0.3) is 0 Å². The summed E-state index contributed by atoms with van der Waals surface area (Å²) in [7, 11) is 0. The molecular formula is C16H14N2O3. The molecule has 0 saturated carbocycles. The fraction of sp³-hybridized carbons (Fsp3) is 0.312. The highest BCUT2D eigenvalue weighted by atomic mass is 16.2. The quantitative estimate of drug-likeness (QED) is 0.571. The van der Waals surface area contributed by atoms with Crippen molar-refractivity contribution in [2.45, 2.75) is 30.8 Å². The predicted molar refractivity (Wildman–Crippen MR) is 73.8 cm³/mol. The third kappa shape index (κ3) is 1.67. The minimum atomic E-state index is -0.774. The van der Waals surface area contributed by atoms with Crippen LogP contribution in [-0.2, 0) is 14.4 Å². The molecule has 2 amide bonds. The molecule has 1 aromatic carbocycles. The highest BCUT2D eigenvalue weighted by molar-refractivity contribution is 6.11. The largest absolute Gasteiger partial charge is 0.300 e. The second kappa shape index (κ2) is 4.28. The van der Waals surface area contributed by atoms with Crippen LogP contribution in [0.1, 0.15) is 24.3 Å². The Kier molecular flexibility index (Phi) is 2.51. The third-order valence-corrected chi connectivity index (χ3v) is 4.37.